The van der Waals surface area contributed by atoms with E-state index in [4.69, 9.17) is 8.83 Å². The average molecular weight is 734 g/mol. The normalized spacial score (nSPS) is 11.9. The predicted octanol–water partition coefficient (Wildman–Crippen LogP) is 15.8. The number of furan rings is 2. The van der Waals surface area contributed by atoms with Crippen molar-refractivity contribution in [1.82, 2.24) is 0 Å². The van der Waals surface area contributed by atoms with Gasteiger partial charge in [0.2, 0.25) is 0 Å². The van der Waals surface area contributed by atoms with Crippen molar-refractivity contribution in [3.05, 3.63) is 188 Å². The highest BCUT2D eigenvalue weighted by Gasteiger charge is 2.20. The molecular formula is C52H31NO2S. The molecule has 0 fully saturated rings. The van der Waals surface area contributed by atoms with Gasteiger partial charge in [-0.15, -0.1) is 11.3 Å². The van der Waals surface area contributed by atoms with Gasteiger partial charge < -0.3 is 13.7 Å². The van der Waals surface area contributed by atoms with Crippen LogP contribution in [0.15, 0.2) is 197 Å². The molecule has 0 spiro atoms. The van der Waals surface area contributed by atoms with Crippen LogP contribution in [0.4, 0.5) is 17.1 Å². The van der Waals surface area contributed by atoms with Crippen LogP contribution in [0, 0.1) is 0 Å². The molecule has 0 aliphatic rings. The highest BCUT2D eigenvalue weighted by Crippen LogP contribution is 2.45. The van der Waals surface area contributed by atoms with Crippen molar-refractivity contribution in [3.63, 3.8) is 0 Å². The number of anilines is 3. The Hall–Kier alpha value is -7.14. The molecule has 0 aliphatic heterocycles. The van der Waals surface area contributed by atoms with Gasteiger partial charge in [-0.05, 0) is 100 Å². The molecule has 3 nitrogen and oxygen atoms in total. The molecule has 3 heterocycles. The highest BCUT2D eigenvalue weighted by molar-refractivity contribution is 7.26. The molecule has 0 bridgehead atoms. The van der Waals surface area contributed by atoms with Crippen molar-refractivity contribution in [2.24, 2.45) is 0 Å². The molecule has 0 N–H and O–H groups in total. The number of nitrogens with zero attached hydrogens (tertiary/aromatic N) is 1. The molecule has 4 heteroatoms. The monoisotopic (exact) mass is 733 g/mol. The van der Waals surface area contributed by atoms with E-state index in [1.54, 1.807) is 0 Å². The van der Waals surface area contributed by atoms with E-state index in [1.165, 1.54) is 42.1 Å². The summed E-state index contributed by atoms with van der Waals surface area (Å²) in [4.78, 5) is 2.38. The summed E-state index contributed by atoms with van der Waals surface area (Å²) in [6, 6.07) is 67.4. The Labute approximate surface area is 325 Å². The van der Waals surface area contributed by atoms with Crippen molar-refractivity contribution < 1.29 is 8.83 Å². The van der Waals surface area contributed by atoms with Crippen molar-refractivity contribution >= 4 is 103 Å². The second-order valence-corrected chi connectivity index (χ2v) is 15.5. The second-order valence-electron chi connectivity index (χ2n) is 14.5. The van der Waals surface area contributed by atoms with Crippen molar-refractivity contribution in [3.8, 4) is 22.3 Å². The zero-order valence-corrected chi connectivity index (χ0v) is 30.9. The molecule has 0 amide bonds. The van der Waals surface area contributed by atoms with Crippen LogP contribution >= 0.6 is 11.3 Å². The van der Waals surface area contributed by atoms with Crippen molar-refractivity contribution in [2.45, 2.75) is 0 Å². The van der Waals surface area contributed by atoms with Gasteiger partial charge in [-0.1, -0.05) is 115 Å². The third-order valence-corrected chi connectivity index (χ3v) is 12.5. The lowest BCUT2D eigenvalue weighted by atomic mass is 9.98. The molecule has 12 rings (SSSR count). The number of benzene rings is 9. The molecule has 0 unspecified atom stereocenters. The summed E-state index contributed by atoms with van der Waals surface area (Å²) in [5.41, 5.74) is 11.4. The number of rotatable bonds is 5. The lowest BCUT2D eigenvalue weighted by Crippen LogP contribution is -2.11. The number of thiophene rings is 1. The predicted molar refractivity (Wildman–Crippen MR) is 237 cm³/mol. The Morgan fingerprint density at radius 3 is 1.86 bits per heavy atom. The molecule has 0 saturated heterocycles. The van der Waals surface area contributed by atoms with Gasteiger partial charge in [0.25, 0.3) is 0 Å². The molecule has 9 aromatic carbocycles. The Balaban J connectivity index is 1.04. The number of hydrogen-bond donors (Lipinski definition) is 0. The molecule has 0 atom stereocenters. The van der Waals surface area contributed by atoms with Gasteiger partial charge in [-0.3, -0.25) is 0 Å². The van der Waals surface area contributed by atoms with Gasteiger partial charge in [0, 0.05) is 58.7 Å². The van der Waals surface area contributed by atoms with E-state index < -0.39 is 0 Å². The first-order valence-corrected chi connectivity index (χ1v) is 19.7. The van der Waals surface area contributed by atoms with E-state index in [9.17, 15) is 0 Å². The van der Waals surface area contributed by atoms with E-state index in [2.05, 4.69) is 181 Å². The molecule has 0 aliphatic carbocycles. The van der Waals surface area contributed by atoms with Crippen LogP contribution in [-0.4, -0.2) is 0 Å². The Kier molecular flexibility index (Phi) is 6.80. The van der Waals surface area contributed by atoms with Crippen LogP contribution in [-0.2, 0) is 0 Å². The fourth-order valence-electron chi connectivity index (χ4n) is 8.59. The summed E-state index contributed by atoms with van der Waals surface area (Å²) in [7, 11) is 0. The summed E-state index contributed by atoms with van der Waals surface area (Å²) < 4.78 is 15.3. The quantitative estimate of drug-likeness (QED) is 0.176. The van der Waals surface area contributed by atoms with Crippen LogP contribution < -0.4 is 4.90 Å². The van der Waals surface area contributed by atoms with E-state index in [1.807, 2.05) is 23.5 Å². The van der Waals surface area contributed by atoms with Crippen LogP contribution in [0.1, 0.15) is 0 Å². The first kappa shape index (κ1) is 31.2. The maximum Gasteiger partial charge on any atom is 0.136 e. The molecular weight excluding hydrogens is 703 g/mol. The zero-order chi connectivity index (χ0) is 36.7. The number of fused-ring (bicyclic) bond motifs is 10. The third-order valence-electron chi connectivity index (χ3n) is 11.3. The van der Waals surface area contributed by atoms with Crippen molar-refractivity contribution in [2.75, 3.05) is 4.90 Å². The first-order valence-electron chi connectivity index (χ1n) is 18.9. The Bertz CT molecular complexity index is 3500. The molecule has 12 aromatic rings. The lowest BCUT2D eigenvalue weighted by molar-refractivity contribution is 0.669. The Morgan fingerprint density at radius 1 is 0.357 bits per heavy atom. The highest BCUT2D eigenvalue weighted by atomic mass is 32.1. The van der Waals surface area contributed by atoms with E-state index in [-0.39, 0.29) is 0 Å². The standard InChI is InChI=1S/C52H31NO2S/c1-2-11-34-30-50-44(28-33(34)10-1)43-29-35(22-26-48(43)55-50)38-12-3-6-17-46(38)53(37-25-27-49-45(31-37)40-13-4-7-18-47(40)54-49)36-23-20-32(21-24-36)39-15-9-16-42-41-14-5-8-19-51(41)56-52(39)42/h1-31H. The topological polar surface area (TPSA) is 29.5 Å². The smallest absolute Gasteiger partial charge is 0.136 e. The van der Waals surface area contributed by atoms with Gasteiger partial charge in [-0.2, -0.15) is 0 Å². The van der Waals surface area contributed by atoms with E-state index >= 15 is 0 Å². The summed E-state index contributed by atoms with van der Waals surface area (Å²) in [5.74, 6) is 0. The first-order chi connectivity index (χ1) is 27.7. The fraction of sp³-hybridized carbons (Fsp3) is 0. The van der Waals surface area contributed by atoms with E-state index in [0.29, 0.717) is 0 Å². The Morgan fingerprint density at radius 2 is 0.964 bits per heavy atom. The van der Waals surface area contributed by atoms with Crippen LogP contribution in [0.25, 0.3) is 97.1 Å². The minimum absolute atomic E-state index is 0.875. The van der Waals surface area contributed by atoms with Gasteiger partial charge in [0.05, 0.1) is 5.69 Å². The van der Waals surface area contributed by atoms with E-state index in [0.717, 1.165) is 72.1 Å². The average Bonchev–Trinajstić information content (AvgIpc) is 3.94. The summed E-state index contributed by atoms with van der Waals surface area (Å²) >= 11 is 1.87. The number of para-hydroxylation sites is 2. The van der Waals surface area contributed by atoms with Crippen LogP contribution in [0.2, 0.25) is 0 Å². The molecule has 56 heavy (non-hydrogen) atoms. The summed E-state index contributed by atoms with van der Waals surface area (Å²) in [6.07, 6.45) is 0. The largest absolute Gasteiger partial charge is 0.456 e. The van der Waals surface area contributed by atoms with Crippen LogP contribution in [0.5, 0.6) is 0 Å². The molecule has 262 valence electrons. The lowest BCUT2D eigenvalue weighted by Gasteiger charge is -2.28. The second kappa shape index (κ2) is 12.2. The van der Waals surface area contributed by atoms with Crippen molar-refractivity contribution in [1.29, 1.82) is 0 Å². The fourth-order valence-corrected chi connectivity index (χ4v) is 9.83. The summed E-state index contributed by atoms with van der Waals surface area (Å²) in [6.45, 7) is 0. The van der Waals surface area contributed by atoms with Gasteiger partial charge >= 0.3 is 0 Å². The van der Waals surface area contributed by atoms with Gasteiger partial charge in [0.1, 0.15) is 22.3 Å². The third kappa shape index (κ3) is 4.83. The summed E-state index contributed by atoms with van der Waals surface area (Å²) in [5, 5.41) is 9.42. The van der Waals surface area contributed by atoms with Gasteiger partial charge in [-0.25, -0.2) is 0 Å². The van der Waals surface area contributed by atoms with Gasteiger partial charge in [0.15, 0.2) is 0 Å². The minimum atomic E-state index is 0.875. The molecule has 0 saturated carbocycles. The SMILES string of the molecule is c1ccc(N(c2ccc(-c3cccc4c3sc3ccccc34)cc2)c2ccc3oc4ccccc4c3c2)c(-c2ccc3oc4cc5ccccc5cc4c3c2)c1. The molecule has 3 aromatic heterocycles. The minimum Gasteiger partial charge on any atom is -0.456 e. The molecule has 0 radical (unpaired) electrons. The maximum atomic E-state index is 6.41. The van der Waals surface area contributed by atoms with Crippen LogP contribution in [0.3, 0.4) is 0 Å². The number of hydrogen-bond acceptors (Lipinski definition) is 4. The zero-order valence-electron chi connectivity index (χ0n) is 30.1. The maximum absolute atomic E-state index is 6.41.